The number of nitrogens with two attached hydrogens (primary N) is 1. The first-order valence-electron chi connectivity index (χ1n) is 4.86. The third-order valence-corrected chi connectivity index (χ3v) is 2.37. The molecule has 1 aromatic carbocycles. The van der Waals surface area contributed by atoms with Gasteiger partial charge in [-0.25, -0.2) is 0 Å². The molecule has 2 N–H and O–H groups in total. The van der Waals surface area contributed by atoms with Gasteiger partial charge in [0.05, 0.1) is 7.11 Å². The summed E-state index contributed by atoms with van der Waals surface area (Å²) in [5, 5.41) is 0. The second kappa shape index (κ2) is 4.01. The van der Waals surface area contributed by atoms with Crippen molar-refractivity contribution >= 4 is 0 Å². The zero-order chi connectivity index (χ0) is 10.8. The lowest BCUT2D eigenvalue weighted by Gasteiger charge is -2.20. The molecular formula is C12H19NO. The normalized spacial score (nSPS) is 11.5. The Morgan fingerprint density at radius 1 is 1.29 bits per heavy atom. The maximum absolute atomic E-state index is 5.61. The smallest absolute Gasteiger partial charge is 0.123 e. The highest BCUT2D eigenvalue weighted by Crippen LogP contribution is 2.28. The molecule has 0 saturated heterocycles. The van der Waals surface area contributed by atoms with Crippen molar-refractivity contribution in [3.63, 3.8) is 0 Å². The van der Waals surface area contributed by atoms with Crippen molar-refractivity contribution in [2.45, 2.75) is 32.7 Å². The van der Waals surface area contributed by atoms with Crippen LogP contribution in [0.25, 0.3) is 0 Å². The predicted molar refractivity (Wildman–Crippen MR) is 59.6 cm³/mol. The van der Waals surface area contributed by atoms with Crippen LogP contribution in [0.2, 0.25) is 0 Å². The second-order valence-electron chi connectivity index (χ2n) is 4.48. The van der Waals surface area contributed by atoms with E-state index in [9.17, 15) is 0 Å². The van der Waals surface area contributed by atoms with Crippen LogP contribution in [0.15, 0.2) is 18.2 Å². The van der Waals surface area contributed by atoms with Gasteiger partial charge >= 0.3 is 0 Å². The van der Waals surface area contributed by atoms with Crippen LogP contribution in [-0.2, 0) is 12.0 Å². The number of hydrogen-bond donors (Lipinski definition) is 1. The fraction of sp³-hybridized carbons (Fsp3) is 0.500. The van der Waals surface area contributed by atoms with Crippen LogP contribution in [-0.4, -0.2) is 7.11 Å². The zero-order valence-electron chi connectivity index (χ0n) is 9.42. The molecule has 0 aliphatic rings. The molecule has 0 amide bonds. The summed E-state index contributed by atoms with van der Waals surface area (Å²) < 4.78 is 5.29. The molecule has 14 heavy (non-hydrogen) atoms. The van der Waals surface area contributed by atoms with Gasteiger partial charge in [-0.2, -0.15) is 0 Å². The summed E-state index contributed by atoms with van der Waals surface area (Å²) in [6, 6.07) is 6.23. The molecule has 1 rings (SSSR count). The summed E-state index contributed by atoms with van der Waals surface area (Å²) >= 11 is 0. The van der Waals surface area contributed by atoms with Crippen LogP contribution in [0, 0.1) is 0 Å². The van der Waals surface area contributed by atoms with Crippen molar-refractivity contribution in [1.82, 2.24) is 0 Å². The molecule has 0 aliphatic heterocycles. The first-order chi connectivity index (χ1) is 6.49. The standard InChI is InChI=1S/C12H19NO/c1-12(2,3)10-6-5-9(8-13)11(7-10)14-4/h5-7H,8,13H2,1-4H3. The van der Waals surface area contributed by atoms with E-state index in [0.717, 1.165) is 11.3 Å². The van der Waals surface area contributed by atoms with Crippen molar-refractivity contribution in [2.75, 3.05) is 7.11 Å². The van der Waals surface area contributed by atoms with E-state index in [1.807, 2.05) is 6.07 Å². The molecule has 0 saturated carbocycles. The van der Waals surface area contributed by atoms with Gasteiger partial charge in [0.15, 0.2) is 0 Å². The molecule has 2 nitrogen and oxygen atoms in total. The highest BCUT2D eigenvalue weighted by molar-refractivity contribution is 5.39. The van der Waals surface area contributed by atoms with Crippen molar-refractivity contribution in [1.29, 1.82) is 0 Å². The van der Waals surface area contributed by atoms with Gasteiger partial charge in [0.2, 0.25) is 0 Å². The fourth-order valence-electron chi connectivity index (χ4n) is 1.38. The molecule has 78 valence electrons. The molecule has 0 radical (unpaired) electrons. The average Bonchev–Trinajstić information content (AvgIpc) is 2.15. The van der Waals surface area contributed by atoms with Crippen molar-refractivity contribution in [2.24, 2.45) is 5.73 Å². The number of methoxy groups -OCH3 is 1. The monoisotopic (exact) mass is 193 g/mol. The summed E-state index contributed by atoms with van der Waals surface area (Å²) in [5.74, 6) is 0.889. The Labute approximate surface area is 86.1 Å². The van der Waals surface area contributed by atoms with Crippen molar-refractivity contribution < 1.29 is 4.74 Å². The molecular weight excluding hydrogens is 174 g/mol. The van der Waals surface area contributed by atoms with Gasteiger partial charge in [0, 0.05) is 12.1 Å². The Bertz CT molecular complexity index is 313. The lowest BCUT2D eigenvalue weighted by atomic mass is 9.86. The van der Waals surface area contributed by atoms with Crippen LogP contribution < -0.4 is 10.5 Å². The largest absolute Gasteiger partial charge is 0.496 e. The van der Waals surface area contributed by atoms with E-state index < -0.39 is 0 Å². The number of ether oxygens (including phenoxy) is 1. The minimum Gasteiger partial charge on any atom is -0.496 e. The molecule has 0 unspecified atom stereocenters. The minimum atomic E-state index is 0.153. The lowest BCUT2D eigenvalue weighted by Crippen LogP contribution is -2.12. The van der Waals surface area contributed by atoms with E-state index in [4.69, 9.17) is 10.5 Å². The second-order valence-corrected chi connectivity index (χ2v) is 4.48. The van der Waals surface area contributed by atoms with Gasteiger partial charge in [0.25, 0.3) is 0 Å². The summed E-state index contributed by atoms with van der Waals surface area (Å²) in [4.78, 5) is 0. The Morgan fingerprint density at radius 3 is 2.36 bits per heavy atom. The molecule has 0 aromatic heterocycles. The Kier molecular flexibility index (Phi) is 3.17. The van der Waals surface area contributed by atoms with Gasteiger partial charge in [-0.1, -0.05) is 32.9 Å². The summed E-state index contributed by atoms with van der Waals surface area (Å²) in [7, 11) is 1.68. The van der Waals surface area contributed by atoms with E-state index in [1.54, 1.807) is 7.11 Å². The van der Waals surface area contributed by atoms with E-state index in [2.05, 4.69) is 32.9 Å². The molecule has 0 bridgehead atoms. The van der Waals surface area contributed by atoms with Gasteiger partial charge in [-0.15, -0.1) is 0 Å². The van der Waals surface area contributed by atoms with Gasteiger partial charge in [-0.05, 0) is 17.0 Å². The fourth-order valence-corrected chi connectivity index (χ4v) is 1.38. The summed E-state index contributed by atoms with van der Waals surface area (Å²) in [5.41, 5.74) is 8.08. The van der Waals surface area contributed by atoms with E-state index in [1.165, 1.54) is 5.56 Å². The lowest BCUT2D eigenvalue weighted by molar-refractivity contribution is 0.407. The number of benzene rings is 1. The molecule has 0 atom stereocenters. The SMILES string of the molecule is COc1cc(C(C)(C)C)ccc1CN. The molecule has 0 fully saturated rings. The minimum absolute atomic E-state index is 0.153. The Balaban J connectivity index is 3.14. The first kappa shape index (κ1) is 11.1. The van der Waals surface area contributed by atoms with Gasteiger partial charge in [0.1, 0.15) is 5.75 Å². The van der Waals surface area contributed by atoms with Crippen LogP contribution in [0.4, 0.5) is 0 Å². The van der Waals surface area contributed by atoms with E-state index >= 15 is 0 Å². The molecule has 2 heteroatoms. The molecule has 0 aliphatic carbocycles. The Hall–Kier alpha value is -1.02. The van der Waals surface area contributed by atoms with Gasteiger partial charge < -0.3 is 10.5 Å². The highest BCUT2D eigenvalue weighted by Gasteiger charge is 2.15. The zero-order valence-corrected chi connectivity index (χ0v) is 9.42. The number of hydrogen-bond acceptors (Lipinski definition) is 2. The molecule has 0 spiro atoms. The maximum Gasteiger partial charge on any atom is 0.123 e. The van der Waals surface area contributed by atoms with Crippen molar-refractivity contribution in [3.05, 3.63) is 29.3 Å². The van der Waals surface area contributed by atoms with Crippen LogP contribution in [0.3, 0.4) is 0 Å². The van der Waals surface area contributed by atoms with Crippen LogP contribution in [0.5, 0.6) is 5.75 Å². The van der Waals surface area contributed by atoms with E-state index in [0.29, 0.717) is 6.54 Å². The third-order valence-electron chi connectivity index (χ3n) is 2.37. The third kappa shape index (κ3) is 2.26. The summed E-state index contributed by atoms with van der Waals surface area (Å²) in [6.45, 7) is 7.07. The van der Waals surface area contributed by atoms with Crippen LogP contribution in [0.1, 0.15) is 31.9 Å². The maximum atomic E-state index is 5.61. The molecule has 1 aromatic rings. The predicted octanol–water partition coefficient (Wildman–Crippen LogP) is 2.45. The average molecular weight is 193 g/mol. The topological polar surface area (TPSA) is 35.2 Å². The quantitative estimate of drug-likeness (QED) is 0.783. The van der Waals surface area contributed by atoms with Crippen LogP contribution >= 0.6 is 0 Å². The van der Waals surface area contributed by atoms with Crippen molar-refractivity contribution in [3.8, 4) is 5.75 Å². The molecule has 0 heterocycles. The van der Waals surface area contributed by atoms with Gasteiger partial charge in [-0.3, -0.25) is 0 Å². The van der Waals surface area contributed by atoms with E-state index in [-0.39, 0.29) is 5.41 Å². The highest BCUT2D eigenvalue weighted by atomic mass is 16.5. The number of rotatable bonds is 2. The Morgan fingerprint density at radius 2 is 1.93 bits per heavy atom. The summed E-state index contributed by atoms with van der Waals surface area (Å²) in [6.07, 6.45) is 0. The first-order valence-corrected chi connectivity index (χ1v) is 4.86.